The van der Waals surface area contributed by atoms with E-state index in [1.54, 1.807) is 6.92 Å². The van der Waals surface area contributed by atoms with Gasteiger partial charge in [0.15, 0.2) is 11.6 Å². The van der Waals surface area contributed by atoms with Crippen LogP contribution in [0.3, 0.4) is 0 Å². The molecule has 0 unspecified atom stereocenters. The van der Waals surface area contributed by atoms with Crippen molar-refractivity contribution in [3.8, 4) is 0 Å². The monoisotopic (exact) mass is 253 g/mol. The third-order valence-corrected chi connectivity index (χ3v) is 2.98. The topological polar surface area (TPSA) is 66.3 Å². The van der Waals surface area contributed by atoms with Crippen molar-refractivity contribution in [1.29, 1.82) is 0 Å². The number of hydrogen-bond acceptors (Lipinski definition) is 4. The minimum absolute atomic E-state index is 0.108. The molecule has 0 atom stereocenters. The van der Waals surface area contributed by atoms with Gasteiger partial charge in [0, 0.05) is 6.54 Å². The van der Waals surface area contributed by atoms with Gasteiger partial charge in [0.05, 0.1) is 5.69 Å². The highest BCUT2D eigenvalue weighted by Gasteiger charge is 2.28. The van der Waals surface area contributed by atoms with E-state index in [-0.39, 0.29) is 12.4 Å². The first-order valence-electron chi connectivity index (χ1n) is 6.08. The molecule has 1 aromatic rings. The number of aromatic nitrogens is 2. The molecule has 2 rings (SSSR count). The third-order valence-electron chi connectivity index (χ3n) is 2.98. The SMILES string of the molecule is CCc1ncnc(N(CC(=O)O)CC2CC2)c1F. The molecule has 1 N–H and O–H groups in total. The molecule has 0 aromatic carbocycles. The Balaban J connectivity index is 2.25. The van der Waals surface area contributed by atoms with Crippen molar-refractivity contribution < 1.29 is 14.3 Å². The average Bonchev–Trinajstić information content (AvgIpc) is 3.12. The van der Waals surface area contributed by atoms with Gasteiger partial charge < -0.3 is 10.0 Å². The molecule has 18 heavy (non-hydrogen) atoms. The van der Waals surface area contributed by atoms with Crippen LogP contribution in [0.5, 0.6) is 0 Å². The second kappa shape index (κ2) is 5.29. The fourth-order valence-electron chi connectivity index (χ4n) is 1.86. The van der Waals surface area contributed by atoms with Gasteiger partial charge in [-0.3, -0.25) is 4.79 Å². The first-order valence-corrected chi connectivity index (χ1v) is 6.08. The maximum Gasteiger partial charge on any atom is 0.323 e. The molecule has 1 aromatic heterocycles. The van der Waals surface area contributed by atoms with E-state index in [1.165, 1.54) is 11.2 Å². The van der Waals surface area contributed by atoms with Gasteiger partial charge in [-0.05, 0) is 25.2 Å². The predicted octanol–water partition coefficient (Wildman–Crippen LogP) is 1.48. The molecule has 1 fully saturated rings. The minimum Gasteiger partial charge on any atom is -0.480 e. The number of anilines is 1. The lowest BCUT2D eigenvalue weighted by Crippen LogP contribution is -2.33. The summed E-state index contributed by atoms with van der Waals surface area (Å²) in [6.07, 6.45) is 3.90. The lowest BCUT2D eigenvalue weighted by molar-refractivity contribution is -0.135. The number of halogens is 1. The highest BCUT2D eigenvalue weighted by atomic mass is 19.1. The summed E-state index contributed by atoms with van der Waals surface area (Å²) in [6, 6.07) is 0. The van der Waals surface area contributed by atoms with Crippen LogP contribution >= 0.6 is 0 Å². The van der Waals surface area contributed by atoms with Crippen LogP contribution in [0.25, 0.3) is 0 Å². The normalized spacial score (nSPS) is 14.6. The molecule has 0 aliphatic heterocycles. The predicted molar refractivity (Wildman–Crippen MR) is 63.9 cm³/mol. The lowest BCUT2D eigenvalue weighted by atomic mass is 10.2. The van der Waals surface area contributed by atoms with E-state index in [0.717, 1.165) is 12.8 Å². The zero-order valence-corrected chi connectivity index (χ0v) is 10.3. The van der Waals surface area contributed by atoms with Crippen LogP contribution in [0.4, 0.5) is 10.2 Å². The fourth-order valence-corrected chi connectivity index (χ4v) is 1.86. The maximum absolute atomic E-state index is 14.1. The van der Waals surface area contributed by atoms with E-state index >= 15 is 0 Å². The van der Waals surface area contributed by atoms with Gasteiger partial charge in [-0.15, -0.1) is 0 Å². The Morgan fingerprint density at radius 3 is 2.83 bits per heavy atom. The molecule has 0 radical (unpaired) electrons. The van der Waals surface area contributed by atoms with Gasteiger partial charge in [0.25, 0.3) is 0 Å². The summed E-state index contributed by atoms with van der Waals surface area (Å²) >= 11 is 0. The van der Waals surface area contributed by atoms with Crippen LogP contribution in [0.1, 0.15) is 25.5 Å². The second-order valence-electron chi connectivity index (χ2n) is 4.53. The molecule has 0 saturated heterocycles. The number of nitrogens with zero attached hydrogens (tertiary/aromatic N) is 3. The van der Waals surface area contributed by atoms with Crippen molar-refractivity contribution in [2.45, 2.75) is 26.2 Å². The van der Waals surface area contributed by atoms with Crippen molar-refractivity contribution in [3.05, 3.63) is 17.8 Å². The highest BCUT2D eigenvalue weighted by Crippen LogP contribution is 2.31. The summed E-state index contributed by atoms with van der Waals surface area (Å²) in [5.41, 5.74) is 0.325. The maximum atomic E-state index is 14.1. The van der Waals surface area contributed by atoms with Crippen LogP contribution in [0, 0.1) is 11.7 Å². The van der Waals surface area contributed by atoms with E-state index in [2.05, 4.69) is 9.97 Å². The Bertz CT molecular complexity index is 449. The number of aliphatic carboxylic acids is 1. The quantitative estimate of drug-likeness (QED) is 0.831. The van der Waals surface area contributed by atoms with E-state index in [1.807, 2.05) is 0 Å². The van der Waals surface area contributed by atoms with E-state index in [0.29, 0.717) is 24.6 Å². The molecule has 0 spiro atoms. The van der Waals surface area contributed by atoms with Gasteiger partial charge in [-0.25, -0.2) is 14.4 Å². The summed E-state index contributed by atoms with van der Waals surface area (Å²) in [5.74, 6) is -0.909. The van der Waals surface area contributed by atoms with Crippen molar-refractivity contribution in [2.75, 3.05) is 18.0 Å². The Labute approximate surface area is 105 Å². The Morgan fingerprint density at radius 2 is 2.28 bits per heavy atom. The number of carboxylic acid groups (broad SMARTS) is 1. The summed E-state index contributed by atoms with van der Waals surface area (Å²) in [6.45, 7) is 2.12. The number of hydrogen-bond donors (Lipinski definition) is 1. The van der Waals surface area contributed by atoms with Gasteiger partial charge in [-0.2, -0.15) is 0 Å². The van der Waals surface area contributed by atoms with Crippen LogP contribution in [0.2, 0.25) is 0 Å². The van der Waals surface area contributed by atoms with Crippen molar-refractivity contribution in [1.82, 2.24) is 9.97 Å². The summed E-state index contributed by atoms with van der Waals surface area (Å²) in [4.78, 5) is 20.1. The van der Waals surface area contributed by atoms with E-state index in [9.17, 15) is 9.18 Å². The van der Waals surface area contributed by atoms with E-state index < -0.39 is 11.8 Å². The first-order chi connectivity index (χ1) is 8.61. The molecule has 1 heterocycles. The summed E-state index contributed by atoms with van der Waals surface area (Å²) in [5, 5.41) is 8.89. The van der Waals surface area contributed by atoms with Crippen LogP contribution in [-0.4, -0.2) is 34.1 Å². The highest BCUT2D eigenvalue weighted by molar-refractivity contribution is 5.73. The Morgan fingerprint density at radius 1 is 1.56 bits per heavy atom. The smallest absolute Gasteiger partial charge is 0.323 e. The van der Waals surface area contributed by atoms with Crippen LogP contribution in [-0.2, 0) is 11.2 Å². The second-order valence-corrected chi connectivity index (χ2v) is 4.53. The molecule has 98 valence electrons. The van der Waals surface area contributed by atoms with Crippen molar-refractivity contribution in [3.63, 3.8) is 0 Å². The number of rotatable bonds is 6. The molecule has 5 nitrogen and oxygen atoms in total. The van der Waals surface area contributed by atoms with Crippen molar-refractivity contribution in [2.24, 2.45) is 5.92 Å². The lowest BCUT2D eigenvalue weighted by Gasteiger charge is -2.22. The van der Waals surface area contributed by atoms with Gasteiger partial charge in [0.2, 0.25) is 0 Å². The Hall–Kier alpha value is -1.72. The zero-order chi connectivity index (χ0) is 13.1. The van der Waals surface area contributed by atoms with Crippen LogP contribution in [0.15, 0.2) is 6.33 Å². The summed E-state index contributed by atoms with van der Waals surface area (Å²) < 4.78 is 14.1. The average molecular weight is 253 g/mol. The fraction of sp³-hybridized carbons (Fsp3) is 0.583. The molecule has 1 aliphatic rings. The van der Waals surface area contributed by atoms with Gasteiger partial charge in [-0.1, -0.05) is 6.92 Å². The Kier molecular flexibility index (Phi) is 3.74. The number of carbonyl (C=O) groups is 1. The molecule has 1 saturated carbocycles. The van der Waals surface area contributed by atoms with E-state index in [4.69, 9.17) is 5.11 Å². The van der Waals surface area contributed by atoms with Gasteiger partial charge >= 0.3 is 5.97 Å². The molecular formula is C12H16FN3O2. The van der Waals surface area contributed by atoms with Crippen molar-refractivity contribution >= 4 is 11.8 Å². The molecular weight excluding hydrogens is 237 g/mol. The minimum atomic E-state index is -0.980. The number of aryl methyl sites for hydroxylation is 1. The molecule has 0 bridgehead atoms. The summed E-state index contributed by atoms with van der Waals surface area (Å²) in [7, 11) is 0. The zero-order valence-electron chi connectivity index (χ0n) is 10.3. The first kappa shape index (κ1) is 12.7. The third kappa shape index (κ3) is 2.94. The molecule has 0 amide bonds. The van der Waals surface area contributed by atoms with Crippen LogP contribution < -0.4 is 4.90 Å². The standard InChI is InChI=1S/C12H16FN3O2/c1-2-9-11(13)12(15-7-14-9)16(6-10(17)18)5-8-3-4-8/h7-8H,2-6H2,1H3,(H,17,18). The molecule has 6 heteroatoms. The largest absolute Gasteiger partial charge is 0.480 e. The van der Waals surface area contributed by atoms with Gasteiger partial charge in [0.1, 0.15) is 12.9 Å². The number of carboxylic acids is 1. The molecule has 1 aliphatic carbocycles.